The van der Waals surface area contributed by atoms with Crippen LogP contribution < -0.4 is 11.1 Å². The van der Waals surface area contributed by atoms with Crippen molar-refractivity contribution in [1.82, 2.24) is 5.32 Å². The number of hydrogen-bond acceptors (Lipinski definition) is 4. The van der Waals surface area contributed by atoms with E-state index in [2.05, 4.69) is 28.2 Å². The molecule has 0 aliphatic heterocycles. The van der Waals surface area contributed by atoms with Crippen LogP contribution in [0.4, 0.5) is 4.79 Å². The van der Waals surface area contributed by atoms with E-state index < -0.39 is 11.7 Å². The average molecular weight is 360 g/mol. The fourth-order valence-electron chi connectivity index (χ4n) is 2.75. The fourth-order valence-corrected chi connectivity index (χ4v) is 3.00. The standard InChI is InChI=1S/C15H26BrN3O2/c1-9-6-5-7-10(9)13(12(18)11(16)8-17)19-14(20)21-15(2,3)4/h8-10,13,17H,5-7,18H2,1-4H3,(H,19,20)/t9-,10-,13?/m1/s1. The Hall–Kier alpha value is -1.04. The number of carbonyl (C=O) groups excluding carboxylic acids is 1. The number of nitrogens with one attached hydrogen (secondary N) is 2. The van der Waals surface area contributed by atoms with Crippen molar-refractivity contribution in [1.29, 1.82) is 5.41 Å². The van der Waals surface area contributed by atoms with Gasteiger partial charge in [0, 0.05) is 11.9 Å². The molecule has 0 bridgehead atoms. The molecule has 21 heavy (non-hydrogen) atoms. The van der Waals surface area contributed by atoms with Crippen LogP contribution in [-0.4, -0.2) is 24.0 Å². The van der Waals surface area contributed by atoms with Gasteiger partial charge in [-0.3, -0.25) is 0 Å². The van der Waals surface area contributed by atoms with Gasteiger partial charge in [-0.05, 0) is 55.0 Å². The normalized spacial score (nSPS) is 25.0. The zero-order valence-electron chi connectivity index (χ0n) is 13.2. The Labute approximate surface area is 135 Å². The Morgan fingerprint density at radius 1 is 1.48 bits per heavy atom. The molecule has 0 saturated heterocycles. The molecule has 1 aliphatic carbocycles. The highest BCUT2D eigenvalue weighted by Crippen LogP contribution is 2.36. The number of nitrogens with two attached hydrogens (primary N) is 1. The lowest BCUT2D eigenvalue weighted by Gasteiger charge is -2.30. The average Bonchev–Trinajstić information content (AvgIpc) is 2.78. The molecule has 5 nitrogen and oxygen atoms in total. The second-order valence-electron chi connectivity index (χ2n) is 6.64. The molecular formula is C15H26BrN3O2. The summed E-state index contributed by atoms with van der Waals surface area (Å²) >= 11 is 3.28. The number of alkyl carbamates (subject to hydrolysis) is 1. The van der Waals surface area contributed by atoms with Crippen LogP contribution in [-0.2, 0) is 4.74 Å². The van der Waals surface area contributed by atoms with Gasteiger partial charge < -0.3 is 21.2 Å². The molecule has 3 atom stereocenters. The maximum Gasteiger partial charge on any atom is 0.408 e. The molecule has 1 amide bonds. The summed E-state index contributed by atoms with van der Waals surface area (Å²) in [6.45, 7) is 7.65. The summed E-state index contributed by atoms with van der Waals surface area (Å²) in [5, 5.41) is 10.2. The highest BCUT2D eigenvalue weighted by atomic mass is 79.9. The number of allylic oxidation sites excluding steroid dienone is 1. The van der Waals surface area contributed by atoms with Gasteiger partial charge in [-0.1, -0.05) is 19.8 Å². The van der Waals surface area contributed by atoms with Crippen molar-refractivity contribution in [2.24, 2.45) is 17.6 Å². The summed E-state index contributed by atoms with van der Waals surface area (Å²) in [5.41, 5.74) is 6.07. The molecule has 0 aromatic rings. The Morgan fingerprint density at radius 3 is 2.52 bits per heavy atom. The van der Waals surface area contributed by atoms with E-state index in [9.17, 15) is 4.79 Å². The van der Waals surface area contributed by atoms with Crippen LogP contribution in [0.3, 0.4) is 0 Å². The summed E-state index contributed by atoms with van der Waals surface area (Å²) in [6, 6.07) is -0.312. The summed E-state index contributed by atoms with van der Waals surface area (Å²) < 4.78 is 5.83. The van der Waals surface area contributed by atoms with Crippen molar-refractivity contribution in [2.75, 3.05) is 0 Å². The van der Waals surface area contributed by atoms with Crippen molar-refractivity contribution in [3.8, 4) is 0 Å². The third-order valence-corrected chi connectivity index (χ3v) is 4.45. The van der Waals surface area contributed by atoms with Crippen LogP contribution in [0.5, 0.6) is 0 Å². The van der Waals surface area contributed by atoms with E-state index in [1.807, 2.05) is 20.8 Å². The van der Waals surface area contributed by atoms with Gasteiger partial charge >= 0.3 is 6.09 Å². The first-order chi connectivity index (χ1) is 9.65. The molecule has 0 heterocycles. The first-order valence-electron chi connectivity index (χ1n) is 7.31. The number of carbonyl (C=O) groups is 1. The molecule has 120 valence electrons. The van der Waals surface area contributed by atoms with Gasteiger partial charge in [0.05, 0.1) is 10.5 Å². The van der Waals surface area contributed by atoms with E-state index in [0.29, 0.717) is 16.1 Å². The first kappa shape index (κ1) is 18.0. The molecule has 0 spiro atoms. The van der Waals surface area contributed by atoms with Crippen LogP contribution in [0.2, 0.25) is 0 Å². The van der Waals surface area contributed by atoms with Gasteiger partial charge in [0.1, 0.15) is 5.60 Å². The van der Waals surface area contributed by atoms with Gasteiger partial charge in [0.25, 0.3) is 0 Å². The van der Waals surface area contributed by atoms with Crippen molar-refractivity contribution >= 4 is 28.2 Å². The number of amides is 1. The quantitative estimate of drug-likeness (QED) is 0.670. The summed E-state index contributed by atoms with van der Waals surface area (Å²) in [5.74, 6) is 0.750. The van der Waals surface area contributed by atoms with Crippen LogP contribution in [0.1, 0.15) is 47.0 Å². The van der Waals surface area contributed by atoms with Gasteiger partial charge in [0.15, 0.2) is 0 Å². The highest BCUT2D eigenvalue weighted by molar-refractivity contribution is 9.12. The Kier molecular flexibility index (Phi) is 6.25. The lowest BCUT2D eigenvalue weighted by molar-refractivity contribution is 0.0491. The zero-order chi connectivity index (χ0) is 16.2. The molecule has 1 rings (SSSR count). The van der Waals surface area contributed by atoms with Gasteiger partial charge in [-0.15, -0.1) is 0 Å². The molecular weight excluding hydrogens is 334 g/mol. The van der Waals surface area contributed by atoms with Crippen molar-refractivity contribution in [2.45, 2.75) is 58.6 Å². The molecule has 4 N–H and O–H groups in total. The van der Waals surface area contributed by atoms with Crippen molar-refractivity contribution < 1.29 is 9.53 Å². The smallest absolute Gasteiger partial charge is 0.408 e. The molecule has 0 aromatic heterocycles. The highest BCUT2D eigenvalue weighted by Gasteiger charge is 2.35. The summed E-state index contributed by atoms with van der Waals surface area (Å²) in [4.78, 5) is 12.1. The minimum absolute atomic E-state index is 0.269. The summed E-state index contributed by atoms with van der Waals surface area (Å²) in [6.07, 6.45) is 3.96. The topological polar surface area (TPSA) is 88.2 Å². The lowest BCUT2D eigenvalue weighted by atomic mass is 9.88. The SMILES string of the molecule is C[C@@H]1CCC[C@H]1C(NC(=O)OC(C)(C)C)C(N)=C(Br)C=N. The third-order valence-electron chi connectivity index (χ3n) is 3.77. The van der Waals surface area contributed by atoms with Crippen LogP contribution in [0.15, 0.2) is 10.2 Å². The van der Waals surface area contributed by atoms with Crippen LogP contribution >= 0.6 is 15.9 Å². The van der Waals surface area contributed by atoms with E-state index in [1.165, 1.54) is 0 Å². The predicted octanol–water partition coefficient (Wildman–Crippen LogP) is 3.53. The predicted molar refractivity (Wildman–Crippen MR) is 88.6 cm³/mol. The summed E-state index contributed by atoms with van der Waals surface area (Å²) in [7, 11) is 0. The number of rotatable bonds is 4. The van der Waals surface area contributed by atoms with Crippen molar-refractivity contribution in [3.63, 3.8) is 0 Å². The fraction of sp³-hybridized carbons (Fsp3) is 0.733. The van der Waals surface area contributed by atoms with Crippen molar-refractivity contribution in [3.05, 3.63) is 10.2 Å². The second kappa shape index (κ2) is 7.29. The monoisotopic (exact) mass is 359 g/mol. The molecule has 1 aliphatic rings. The molecule has 0 aromatic carbocycles. The minimum Gasteiger partial charge on any atom is -0.444 e. The number of ether oxygens (including phenoxy) is 1. The Morgan fingerprint density at radius 2 is 2.10 bits per heavy atom. The van der Waals surface area contributed by atoms with E-state index in [4.69, 9.17) is 15.9 Å². The van der Waals surface area contributed by atoms with Crippen LogP contribution in [0.25, 0.3) is 0 Å². The largest absolute Gasteiger partial charge is 0.444 e. The minimum atomic E-state index is -0.548. The van der Waals surface area contributed by atoms with E-state index >= 15 is 0 Å². The lowest BCUT2D eigenvalue weighted by Crippen LogP contribution is -2.47. The number of hydrogen-bond donors (Lipinski definition) is 3. The number of halogens is 1. The Bertz CT molecular complexity index is 429. The second-order valence-corrected chi connectivity index (χ2v) is 7.50. The molecule has 6 heteroatoms. The molecule has 0 radical (unpaired) electrons. The van der Waals surface area contributed by atoms with Gasteiger partial charge in [-0.2, -0.15) is 0 Å². The Balaban J connectivity index is 2.92. The zero-order valence-corrected chi connectivity index (χ0v) is 14.8. The maximum atomic E-state index is 12.1. The van der Waals surface area contributed by atoms with E-state index in [1.54, 1.807) is 0 Å². The van der Waals surface area contributed by atoms with E-state index in [0.717, 1.165) is 25.5 Å². The van der Waals surface area contributed by atoms with Crippen LogP contribution in [0, 0.1) is 17.2 Å². The maximum absolute atomic E-state index is 12.1. The first-order valence-corrected chi connectivity index (χ1v) is 8.10. The molecule has 1 saturated carbocycles. The van der Waals surface area contributed by atoms with E-state index in [-0.39, 0.29) is 12.0 Å². The van der Waals surface area contributed by atoms with Gasteiger partial charge in [-0.25, -0.2) is 4.79 Å². The third kappa shape index (κ3) is 5.34. The molecule has 1 fully saturated rings. The van der Waals surface area contributed by atoms with Gasteiger partial charge in [0.2, 0.25) is 0 Å². The molecule has 1 unspecified atom stereocenters.